The number of carbonyl (C=O) groups excluding carboxylic acids is 3. The van der Waals surface area contributed by atoms with Gasteiger partial charge >= 0.3 is 5.97 Å². The van der Waals surface area contributed by atoms with E-state index in [0.717, 1.165) is 5.57 Å². The molecule has 1 heterocycles. The first-order chi connectivity index (χ1) is 16.5. The Morgan fingerprint density at radius 3 is 2.69 bits per heavy atom. The van der Waals surface area contributed by atoms with Crippen LogP contribution in [-0.2, 0) is 14.3 Å². The molecule has 0 unspecified atom stereocenters. The molecule has 1 aromatic heterocycles. The Hall–Kier alpha value is -2.22. The van der Waals surface area contributed by atoms with Crippen LogP contribution in [0.25, 0.3) is 0 Å². The average molecular weight is 503 g/mol. The minimum atomic E-state index is -1.65. The Kier molecular flexibility index (Phi) is 5.52. The highest BCUT2D eigenvalue weighted by atomic mass is 35.5. The number of alkyl halides is 1. The second-order valence-corrected chi connectivity index (χ2v) is 11.7. The van der Waals surface area contributed by atoms with Gasteiger partial charge in [0.2, 0.25) is 11.5 Å². The first-order valence-corrected chi connectivity index (χ1v) is 12.6. The number of Topliss-reactive ketones (excluding diaryl/α,β-unsaturated/α-hetero) is 1. The maximum absolute atomic E-state index is 13.5. The zero-order valence-corrected chi connectivity index (χ0v) is 20.9. The normalized spacial score (nSPS) is 44.2. The molecule has 5 rings (SSSR count). The van der Waals surface area contributed by atoms with Crippen molar-refractivity contribution in [1.82, 2.24) is 0 Å². The second kappa shape index (κ2) is 7.89. The van der Waals surface area contributed by atoms with Gasteiger partial charge in [-0.1, -0.05) is 32.4 Å². The van der Waals surface area contributed by atoms with Gasteiger partial charge in [-0.3, -0.25) is 9.59 Å². The number of rotatable bonds is 4. The predicted molar refractivity (Wildman–Crippen MR) is 127 cm³/mol. The van der Waals surface area contributed by atoms with Gasteiger partial charge < -0.3 is 19.4 Å². The van der Waals surface area contributed by atoms with Crippen molar-refractivity contribution in [3.63, 3.8) is 0 Å². The molecule has 0 bridgehead atoms. The Morgan fingerprint density at radius 2 is 2.03 bits per heavy atom. The molecule has 0 spiro atoms. The number of ether oxygens (including phenoxy) is 1. The largest absolute Gasteiger partial charge is 0.457 e. The lowest BCUT2D eigenvalue weighted by Crippen LogP contribution is -2.69. The second-order valence-electron chi connectivity index (χ2n) is 11.1. The van der Waals surface area contributed by atoms with Crippen molar-refractivity contribution in [2.75, 3.05) is 6.61 Å². The summed E-state index contributed by atoms with van der Waals surface area (Å²) in [6, 6.07) is 3.02. The third-order valence-electron chi connectivity index (χ3n) is 9.71. The lowest BCUT2D eigenvalue weighted by atomic mass is 9.45. The van der Waals surface area contributed by atoms with E-state index in [-0.39, 0.29) is 29.8 Å². The van der Waals surface area contributed by atoms with Gasteiger partial charge in [0.25, 0.3) is 0 Å². The van der Waals surface area contributed by atoms with Gasteiger partial charge in [0, 0.05) is 16.7 Å². The van der Waals surface area contributed by atoms with E-state index in [0.29, 0.717) is 19.3 Å². The minimum absolute atomic E-state index is 0.0330. The van der Waals surface area contributed by atoms with Crippen LogP contribution in [0.3, 0.4) is 0 Å². The summed E-state index contributed by atoms with van der Waals surface area (Å²) in [6.45, 7) is 4.90. The summed E-state index contributed by atoms with van der Waals surface area (Å²) in [6.07, 6.45) is 7.17. The SMILES string of the molecule is C[C@H]1C[C@H]2[C@@H]3CCC4=CC(=O)C=C[C@]4(C)[C@@]3(Cl)[C@@H](O)C[C@]2(C)[C@@]1(OC(=O)c1ccco1)C(=O)CO. The van der Waals surface area contributed by atoms with Crippen LogP contribution in [0.15, 0.2) is 46.6 Å². The molecule has 8 heteroatoms. The van der Waals surface area contributed by atoms with E-state index in [4.69, 9.17) is 20.8 Å². The highest BCUT2D eigenvalue weighted by Crippen LogP contribution is 2.72. The van der Waals surface area contributed by atoms with Crippen molar-refractivity contribution in [2.24, 2.45) is 28.6 Å². The molecule has 0 saturated heterocycles. The van der Waals surface area contributed by atoms with E-state index < -0.39 is 51.7 Å². The van der Waals surface area contributed by atoms with Crippen LogP contribution in [0.2, 0.25) is 0 Å². The molecular formula is C27H31ClO7. The minimum Gasteiger partial charge on any atom is -0.457 e. The topological polar surface area (TPSA) is 114 Å². The lowest BCUT2D eigenvalue weighted by molar-refractivity contribution is -0.181. The van der Waals surface area contributed by atoms with Gasteiger partial charge in [-0.2, -0.15) is 0 Å². The summed E-state index contributed by atoms with van der Waals surface area (Å²) in [5.74, 6) is -2.28. The molecule has 3 fully saturated rings. The summed E-state index contributed by atoms with van der Waals surface area (Å²) in [7, 11) is 0. The molecule has 4 aliphatic rings. The van der Waals surface area contributed by atoms with Gasteiger partial charge in [0.05, 0.1) is 17.2 Å². The molecular weight excluding hydrogens is 472 g/mol. The van der Waals surface area contributed by atoms with Crippen LogP contribution in [0.1, 0.15) is 57.0 Å². The molecule has 0 aliphatic heterocycles. The van der Waals surface area contributed by atoms with Crippen LogP contribution >= 0.6 is 11.6 Å². The molecule has 3 saturated carbocycles. The first kappa shape index (κ1) is 24.5. The number of halogens is 1. The molecule has 4 aliphatic carbocycles. The third-order valence-corrected chi connectivity index (χ3v) is 10.6. The van der Waals surface area contributed by atoms with Crippen LogP contribution in [0, 0.1) is 28.6 Å². The van der Waals surface area contributed by atoms with Crippen LogP contribution in [-0.4, -0.2) is 50.9 Å². The zero-order chi connectivity index (χ0) is 25.4. The summed E-state index contributed by atoms with van der Waals surface area (Å²) in [5.41, 5.74) is -2.44. The smallest absolute Gasteiger partial charge is 0.375 e. The monoisotopic (exact) mass is 502 g/mol. The van der Waals surface area contributed by atoms with Crippen molar-refractivity contribution in [1.29, 1.82) is 0 Å². The quantitative estimate of drug-likeness (QED) is 0.477. The number of hydrogen-bond donors (Lipinski definition) is 2. The number of esters is 1. The summed E-state index contributed by atoms with van der Waals surface area (Å²) in [4.78, 5) is 37.5. The van der Waals surface area contributed by atoms with Crippen molar-refractivity contribution >= 4 is 29.1 Å². The molecule has 8 atom stereocenters. The Labute approximate surface area is 209 Å². The third kappa shape index (κ3) is 2.95. The number of allylic oxidation sites excluding steroid dienone is 4. The van der Waals surface area contributed by atoms with Gasteiger partial charge in [-0.25, -0.2) is 4.79 Å². The van der Waals surface area contributed by atoms with E-state index >= 15 is 0 Å². The Balaban J connectivity index is 1.61. The standard InChI is InChI=1S/C27H31ClO7/c1-15-11-19-18-7-6-16-12-17(30)8-9-24(16,2)26(18,28)21(31)13-25(19,3)27(15,22(32)14-29)35-23(33)20-5-4-10-34-20/h4-5,8-10,12,15,18-19,21,29,31H,6-7,11,13-14H2,1-3H3/t15-,18-,19-,21-,24-,25-,26-,27-/m0/s1. The number of hydrogen-bond acceptors (Lipinski definition) is 7. The fourth-order valence-electron chi connectivity index (χ4n) is 8.11. The number of furan rings is 1. The average Bonchev–Trinajstić information content (AvgIpc) is 3.42. The van der Waals surface area contributed by atoms with Crippen molar-refractivity contribution in [3.05, 3.63) is 48.0 Å². The van der Waals surface area contributed by atoms with Gasteiger partial charge in [-0.05, 0) is 61.8 Å². The van der Waals surface area contributed by atoms with Crippen LogP contribution in [0.5, 0.6) is 0 Å². The Morgan fingerprint density at radius 1 is 1.29 bits per heavy atom. The molecule has 1 aromatic rings. The highest BCUT2D eigenvalue weighted by Gasteiger charge is 2.76. The lowest BCUT2D eigenvalue weighted by Gasteiger charge is -2.64. The van der Waals surface area contributed by atoms with Gasteiger partial charge in [-0.15, -0.1) is 11.6 Å². The maximum atomic E-state index is 13.5. The first-order valence-electron chi connectivity index (χ1n) is 12.2. The highest BCUT2D eigenvalue weighted by molar-refractivity contribution is 6.26. The molecule has 35 heavy (non-hydrogen) atoms. The van der Waals surface area contributed by atoms with E-state index in [2.05, 4.69) is 0 Å². The Bertz CT molecular complexity index is 1140. The number of aliphatic hydroxyl groups is 2. The number of fused-ring (bicyclic) bond motifs is 5. The predicted octanol–water partition coefficient (Wildman–Crippen LogP) is 3.62. The molecule has 0 amide bonds. The van der Waals surface area contributed by atoms with Crippen LogP contribution in [0.4, 0.5) is 0 Å². The van der Waals surface area contributed by atoms with E-state index in [1.54, 1.807) is 12.1 Å². The van der Waals surface area contributed by atoms with Gasteiger partial charge in [0.15, 0.2) is 11.4 Å². The van der Waals surface area contributed by atoms with Crippen LogP contribution < -0.4 is 0 Å². The van der Waals surface area contributed by atoms with Crippen molar-refractivity contribution in [3.8, 4) is 0 Å². The van der Waals surface area contributed by atoms with E-state index in [1.807, 2.05) is 26.8 Å². The van der Waals surface area contributed by atoms with Crippen molar-refractivity contribution < 1.29 is 33.8 Å². The number of ketones is 2. The fourth-order valence-corrected chi connectivity index (χ4v) is 8.63. The summed E-state index contributed by atoms with van der Waals surface area (Å²) >= 11 is 7.45. The fraction of sp³-hybridized carbons (Fsp3) is 0.593. The zero-order valence-electron chi connectivity index (χ0n) is 20.1. The molecule has 188 valence electrons. The maximum Gasteiger partial charge on any atom is 0.375 e. The van der Waals surface area contributed by atoms with Crippen molar-refractivity contribution in [2.45, 2.75) is 63.0 Å². The number of carbonyl (C=O) groups is 3. The summed E-state index contributed by atoms with van der Waals surface area (Å²) < 4.78 is 11.2. The molecule has 0 radical (unpaired) electrons. The van der Waals surface area contributed by atoms with Gasteiger partial charge in [0.1, 0.15) is 6.61 Å². The number of aliphatic hydroxyl groups excluding tert-OH is 2. The summed E-state index contributed by atoms with van der Waals surface area (Å²) in [5, 5.41) is 21.7. The molecule has 2 N–H and O–H groups in total. The van der Waals surface area contributed by atoms with E-state index in [1.165, 1.54) is 18.4 Å². The molecule has 7 nitrogen and oxygen atoms in total. The molecule has 0 aromatic carbocycles. The van der Waals surface area contributed by atoms with E-state index in [9.17, 15) is 24.6 Å².